The van der Waals surface area contributed by atoms with E-state index in [4.69, 9.17) is 4.52 Å². The number of aliphatic hydroxyl groups is 1. The zero-order chi connectivity index (χ0) is 13.3. The fourth-order valence-electron chi connectivity index (χ4n) is 1.45. The highest BCUT2D eigenvalue weighted by molar-refractivity contribution is 5.59. The molecule has 0 aliphatic heterocycles. The van der Waals surface area contributed by atoms with Crippen molar-refractivity contribution >= 4 is 0 Å². The molecule has 0 aliphatic rings. The van der Waals surface area contributed by atoms with Crippen LogP contribution in [0.2, 0.25) is 0 Å². The van der Waals surface area contributed by atoms with E-state index in [1.165, 1.54) is 25.1 Å². The van der Waals surface area contributed by atoms with Crippen LogP contribution in [0.4, 0.5) is 13.2 Å². The van der Waals surface area contributed by atoms with Crippen LogP contribution in [-0.4, -0.2) is 10.3 Å². The van der Waals surface area contributed by atoms with E-state index in [9.17, 15) is 18.3 Å². The molecule has 0 aliphatic carbocycles. The summed E-state index contributed by atoms with van der Waals surface area (Å²) < 4.78 is 42.0. The Kier molecular flexibility index (Phi) is 3.13. The molecule has 1 atom stereocenters. The van der Waals surface area contributed by atoms with Gasteiger partial charge in [0.05, 0.1) is 5.56 Å². The maximum absolute atomic E-state index is 12.4. The van der Waals surface area contributed by atoms with E-state index in [0.29, 0.717) is 11.3 Å². The van der Waals surface area contributed by atoms with Crippen molar-refractivity contribution in [2.24, 2.45) is 0 Å². The van der Waals surface area contributed by atoms with Crippen LogP contribution >= 0.6 is 0 Å². The molecule has 1 N–H and O–H groups in total. The van der Waals surface area contributed by atoms with Crippen molar-refractivity contribution in [1.29, 1.82) is 0 Å². The molecule has 6 heteroatoms. The lowest BCUT2D eigenvalue weighted by Gasteiger charge is -2.06. The summed E-state index contributed by atoms with van der Waals surface area (Å²) in [5, 5.41) is 12.9. The number of aromatic nitrogens is 1. The van der Waals surface area contributed by atoms with E-state index in [-0.39, 0.29) is 5.76 Å². The molecule has 0 unspecified atom stereocenters. The number of rotatable bonds is 2. The van der Waals surface area contributed by atoms with Crippen molar-refractivity contribution in [1.82, 2.24) is 5.16 Å². The molecule has 0 saturated carbocycles. The average molecular weight is 257 g/mol. The van der Waals surface area contributed by atoms with E-state index in [1.54, 1.807) is 0 Å². The Morgan fingerprint density at radius 3 is 2.28 bits per heavy atom. The molecule has 0 amide bonds. The first-order valence-corrected chi connectivity index (χ1v) is 5.20. The van der Waals surface area contributed by atoms with Gasteiger partial charge in [-0.25, -0.2) is 0 Å². The molecule has 3 nitrogen and oxygen atoms in total. The molecule has 1 heterocycles. The van der Waals surface area contributed by atoms with Gasteiger partial charge in [-0.1, -0.05) is 17.3 Å². The smallest absolute Gasteiger partial charge is 0.385 e. The molecule has 2 aromatic rings. The zero-order valence-electron chi connectivity index (χ0n) is 9.40. The summed E-state index contributed by atoms with van der Waals surface area (Å²) in [5.74, 6) is 0.268. The van der Waals surface area contributed by atoms with E-state index in [2.05, 4.69) is 5.16 Å². The summed E-state index contributed by atoms with van der Waals surface area (Å²) in [6.45, 7) is 1.51. The van der Waals surface area contributed by atoms with Crippen molar-refractivity contribution in [3.05, 3.63) is 41.7 Å². The predicted octanol–water partition coefficient (Wildman–Crippen LogP) is 3.41. The molecule has 18 heavy (non-hydrogen) atoms. The maximum atomic E-state index is 12.4. The fourth-order valence-corrected chi connectivity index (χ4v) is 1.45. The largest absolute Gasteiger partial charge is 0.416 e. The molecular formula is C12H10F3NO2. The number of nitrogens with zero attached hydrogens (tertiary/aromatic N) is 1. The van der Waals surface area contributed by atoms with Gasteiger partial charge in [0, 0.05) is 11.6 Å². The van der Waals surface area contributed by atoms with Gasteiger partial charge >= 0.3 is 6.18 Å². The number of aliphatic hydroxyl groups excluding tert-OH is 1. The summed E-state index contributed by atoms with van der Waals surface area (Å²) in [6.07, 6.45) is -5.16. The monoisotopic (exact) mass is 257 g/mol. The Morgan fingerprint density at radius 2 is 1.83 bits per heavy atom. The molecule has 0 spiro atoms. The fraction of sp³-hybridized carbons (Fsp3) is 0.250. The van der Waals surface area contributed by atoms with Crippen LogP contribution in [0, 0.1) is 0 Å². The Labute approximate surface area is 101 Å². The number of alkyl halides is 3. The summed E-state index contributed by atoms with van der Waals surface area (Å²) in [6, 6.07) is 6.07. The van der Waals surface area contributed by atoms with Crippen molar-refractivity contribution < 1.29 is 22.8 Å². The minimum atomic E-state index is -4.35. The summed E-state index contributed by atoms with van der Waals surface area (Å²) in [7, 11) is 0. The predicted molar refractivity (Wildman–Crippen MR) is 57.6 cm³/mol. The minimum absolute atomic E-state index is 0.268. The van der Waals surface area contributed by atoms with Crippen molar-refractivity contribution in [2.45, 2.75) is 19.2 Å². The van der Waals surface area contributed by atoms with Crippen LogP contribution in [0.25, 0.3) is 11.3 Å². The van der Waals surface area contributed by atoms with Gasteiger partial charge in [-0.3, -0.25) is 0 Å². The summed E-state index contributed by atoms with van der Waals surface area (Å²) >= 11 is 0. The number of halogens is 3. The topological polar surface area (TPSA) is 46.3 Å². The molecule has 0 saturated heterocycles. The SMILES string of the molecule is C[C@H](O)c1cc(-c2ccc(C(F)(F)F)cc2)no1. The highest BCUT2D eigenvalue weighted by Crippen LogP contribution is 2.31. The average Bonchev–Trinajstić information content (AvgIpc) is 2.77. The van der Waals surface area contributed by atoms with Gasteiger partial charge in [0.25, 0.3) is 0 Å². The first-order valence-electron chi connectivity index (χ1n) is 5.20. The molecule has 0 radical (unpaired) electrons. The lowest BCUT2D eigenvalue weighted by atomic mass is 10.1. The number of hydrogen-bond donors (Lipinski definition) is 1. The Hall–Kier alpha value is -1.82. The molecule has 96 valence electrons. The van der Waals surface area contributed by atoms with Gasteiger partial charge in [0.2, 0.25) is 0 Å². The molecule has 0 fully saturated rings. The van der Waals surface area contributed by atoms with E-state index in [1.807, 2.05) is 0 Å². The van der Waals surface area contributed by atoms with Gasteiger partial charge in [0.1, 0.15) is 11.8 Å². The highest BCUT2D eigenvalue weighted by Gasteiger charge is 2.30. The lowest BCUT2D eigenvalue weighted by Crippen LogP contribution is -2.03. The van der Waals surface area contributed by atoms with Crippen molar-refractivity contribution in [3.8, 4) is 11.3 Å². The van der Waals surface area contributed by atoms with Crippen LogP contribution in [0.1, 0.15) is 24.4 Å². The number of benzene rings is 1. The second-order valence-electron chi connectivity index (χ2n) is 3.87. The third kappa shape index (κ3) is 2.53. The lowest BCUT2D eigenvalue weighted by molar-refractivity contribution is -0.137. The zero-order valence-corrected chi connectivity index (χ0v) is 9.40. The molecule has 0 bridgehead atoms. The normalized spacial score (nSPS) is 13.6. The van der Waals surface area contributed by atoms with Gasteiger partial charge in [-0.05, 0) is 19.1 Å². The minimum Gasteiger partial charge on any atom is -0.385 e. The summed E-state index contributed by atoms with van der Waals surface area (Å²) in [4.78, 5) is 0. The van der Waals surface area contributed by atoms with Crippen LogP contribution in [0.3, 0.4) is 0 Å². The third-order valence-electron chi connectivity index (χ3n) is 2.45. The second-order valence-corrected chi connectivity index (χ2v) is 3.87. The summed E-state index contributed by atoms with van der Waals surface area (Å²) in [5.41, 5.74) is 0.170. The first kappa shape index (κ1) is 12.6. The van der Waals surface area contributed by atoms with Crippen LogP contribution < -0.4 is 0 Å². The molecule has 1 aromatic heterocycles. The van der Waals surface area contributed by atoms with Crippen LogP contribution in [0.15, 0.2) is 34.9 Å². The number of hydrogen-bond acceptors (Lipinski definition) is 3. The van der Waals surface area contributed by atoms with Gasteiger partial charge in [-0.15, -0.1) is 0 Å². The van der Waals surface area contributed by atoms with Crippen LogP contribution in [-0.2, 0) is 6.18 Å². The molecule has 2 rings (SSSR count). The molecular weight excluding hydrogens is 247 g/mol. The van der Waals surface area contributed by atoms with Gasteiger partial charge < -0.3 is 9.63 Å². The quantitative estimate of drug-likeness (QED) is 0.896. The van der Waals surface area contributed by atoms with E-state index >= 15 is 0 Å². The van der Waals surface area contributed by atoms with Gasteiger partial charge in [-0.2, -0.15) is 13.2 Å². The second kappa shape index (κ2) is 4.45. The maximum Gasteiger partial charge on any atom is 0.416 e. The Balaban J connectivity index is 2.29. The Morgan fingerprint density at radius 1 is 1.22 bits per heavy atom. The van der Waals surface area contributed by atoms with Crippen molar-refractivity contribution in [3.63, 3.8) is 0 Å². The van der Waals surface area contributed by atoms with Crippen molar-refractivity contribution in [2.75, 3.05) is 0 Å². The standard InChI is InChI=1S/C12H10F3NO2/c1-7(17)11-6-10(16-18-11)8-2-4-9(5-3-8)12(13,14)15/h2-7,17H,1H3/t7-/m0/s1. The van der Waals surface area contributed by atoms with E-state index < -0.39 is 17.8 Å². The Bertz CT molecular complexity index is 529. The van der Waals surface area contributed by atoms with Crippen LogP contribution in [0.5, 0.6) is 0 Å². The first-order chi connectivity index (χ1) is 8.38. The van der Waals surface area contributed by atoms with E-state index in [0.717, 1.165) is 12.1 Å². The third-order valence-corrected chi connectivity index (χ3v) is 2.45. The molecule has 1 aromatic carbocycles. The van der Waals surface area contributed by atoms with Gasteiger partial charge in [0.15, 0.2) is 5.76 Å². The highest BCUT2D eigenvalue weighted by atomic mass is 19.4.